The molecule has 0 unspecified atom stereocenters. The number of benzene rings is 2. The number of hydrogen-bond donors (Lipinski definition) is 2. The van der Waals surface area contributed by atoms with Crippen molar-refractivity contribution in [3.63, 3.8) is 0 Å². The molecule has 1 amide bonds. The van der Waals surface area contributed by atoms with Crippen LogP contribution in [0, 0.1) is 0 Å². The number of anilines is 1. The second-order valence-electron chi connectivity index (χ2n) is 5.37. The van der Waals surface area contributed by atoms with Crippen LogP contribution in [0.5, 0.6) is 17.2 Å². The molecule has 140 valence electrons. The first-order chi connectivity index (χ1) is 13.1. The maximum atomic E-state index is 12.0. The Morgan fingerprint density at radius 2 is 1.85 bits per heavy atom. The van der Waals surface area contributed by atoms with E-state index in [-0.39, 0.29) is 18.5 Å². The fraction of sp³-hybridized carbons (Fsp3) is 0.167. The van der Waals surface area contributed by atoms with Gasteiger partial charge in [0.25, 0.3) is 5.91 Å². The molecule has 27 heavy (non-hydrogen) atoms. The zero-order valence-corrected chi connectivity index (χ0v) is 15.4. The maximum Gasteiger partial charge on any atom is 0.264 e. The van der Waals surface area contributed by atoms with Gasteiger partial charge in [-0.1, -0.05) is 11.6 Å². The monoisotopic (exact) mass is 388 g/mol. The summed E-state index contributed by atoms with van der Waals surface area (Å²) in [5.74, 6) is 1.94. The van der Waals surface area contributed by atoms with Crippen LogP contribution in [-0.2, 0) is 4.79 Å². The van der Waals surface area contributed by atoms with Gasteiger partial charge in [0.2, 0.25) is 5.95 Å². The molecule has 3 rings (SSSR count). The molecule has 0 radical (unpaired) electrons. The number of nitrogens with zero attached hydrogens (tertiary/aromatic N) is 2. The van der Waals surface area contributed by atoms with Gasteiger partial charge in [0, 0.05) is 10.6 Å². The molecule has 0 saturated heterocycles. The molecular weight excluding hydrogens is 372 g/mol. The molecule has 1 heterocycles. The van der Waals surface area contributed by atoms with Crippen molar-refractivity contribution in [2.75, 3.05) is 26.1 Å². The minimum absolute atomic E-state index is 0.143. The molecule has 0 saturated carbocycles. The van der Waals surface area contributed by atoms with Crippen molar-refractivity contribution >= 4 is 23.5 Å². The average molecular weight is 389 g/mol. The number of carbonyl (C=O) groups excluding carboxylic acids is 1. The van der Waals surface area contributed by atoms with E-state index >= 15 is 0 Å². The van der Waals surface area contributed by atoms with Crippen LogP contribution in [0.25, 0.3) is 11.4 Å². The van der Waals surface area contributed by atoms with Gasteiger partial charge in [-0.15, -0.1) is 5.10 Å². The van der Waals surface area contributed by atoms with Crippen molar-refractivity contribution in [2.45, 2.75) is 0 Å². The van der Waals surface area contributed by atoms with E-state index < -0.39 is 0 Å². The molecule has 0 atom stereocenters. The van der Waals surface area contributed by atoms with Crippen LogP contribution < -0.4 is 19.5 Å². The molecule has 0 fully saturated rings. The second kappa shape index (κ2) is 8.41. The van der Waals surface area contributed by atoms with E-state index in [1.807, 2.05) is 0 Å². The number of nitrogens with one attached hydrogen (secondary N) is 2. The lowest BCUT2D eigenvalue weighted by atomic mass is 10.2. The Morgan fingerprint density at radius 1 is 1.11 bits per heavy atom. The number of carbonyl (C=O) groups is 1. The van der Waals surface area contributed by atoms with Crippen molar-refractivity contribution in [1.29, 1.82) is 0 Å². The predicted octanol–water partition coefficient (Wildman–Crippen LogP) is 3.16. The van der Waals surface area contributed by atoms with E-state index in [4.69, 9.17) is 25.8 Å². The molecular formula is C18H17ClN4O4. The fourth-order valence-electron chi connectivity index (χ4n) is 2.27. The summed E-state index contributed by atoms with van der Waals surface area (Å²) in [6.07, 6.45) is 0. The first-order valence-electron chi connectivity index (χ1n) is 7.92. The molecule has 0 aliphatic rings. The van der Waals surface area contributed by atoms with Gasteiger partial charge in [-0.05, 0) is 42.5 Å². The van der Waals surface area contributed by atoms with Crippen LogP contribution in [-0.4, -0.2) is 41.9 Å². The number of aromatic nitrogens is 3. The Hall–Kier alpha value is -3.26. The number of aromatic amines is 1. The van der Waals surface area contributed by atoms with Gasteiger partial charge in [-0.2, -0.15) is 4.98 Å². The highest BCUT2D eigenvalue weighted by atomic mass is 35.5. The quantitative estimate of drug-likeness (QED) is 0.645. The number of H-pyrrole nitrogens is 1. The number of methoxy groups -OCH3 is 2. The third kappa shape index (κ3) is 4.68. The molecule has 0 aliphatic carbocycles. The Balaban J connectivity index is 1.62. The zero-order valence-electron chi connectivity index (χ0n) is 14.7. The molecule has 9 heteroatoms. The largest absolute Gasteiger partial charge is 0.493 e. The van der Waals surface area contributed by atoms with Crippen LogP contribution >= 0.6 is 11.6 Å². The van der Waals surface area contributed by atoms with Crippen LogP contribution in [0.15, 0.2) is 42.5 Å². The Bertz CT molecular complexity index is 927. The minimum Gasteiger partial charge on any atom is -0.493 e. The lowest BCUT2D eigenvalue weighted by Crippen LogP contribution is -2.20. The van der Waals surface area contributed by atoms with Gasteiger partial charge in [0.15, 0.2) is 23.9 Å². The predicted molar refractivity (Wildman–Crippen MR) is 100 cm³/mol. The summed E-state index contributed by atoms with van der Waals surface area (Å²) in [6.45, 7) is -0.179. The van der Waals surface area contributed by atoms with Gasteiger partial charge in [0.05, 0.1) is 14.2 Å². The Kier molecular flexibility index (Phi) is 5.77. The van der Waals surface area contributed by atoms with E-state index in [9.17, 15) is 4.79 Å². The fourth-order valence-corrected chi connectivity index (χ4v) is 2.40. The van der Waals surface area contributed by atoms with Crippen molar-refractivity contribution in [2.24, 2.45) is 0 Å². The molecule has 3 aromatic rings. The standard InChI is InChI=1S/C18H17ClN4O4/c1-25-14-8-3-11(9-15(14)26-2)17-21-18(23-22-17)20-16(24)10-27-13-6-4-12(19)5-7-13/h3-9H,10H2,1-2H3,(H2,20,21,22,23,24). The summed E-state index contributed by atoms with van der Waals surface area (Å²) in [5.41, 5.74) is 0.734. The van der Waals surface area contributed by atoms with E-state index in [1.54, 1.807) is 56.7 Å². The highest BCUT2D eigenvalue weighted by Crippen LogP contribution is 2.31. The third-order valence-electron chi connectivity index (χ3n) is 3.58. The van der Waals surface area contributed by atoms with Crippen LogP contribution in [0.3, 0.4) is 0 Å². The number of hydrogen-bond acceptors (Lipinski definition) is 6. The summed E-state index contributed by atoms with van der Waals surface area (Å²) in [6, 6.07) is 12.0. The highest BCUT2D eigenvalue weighted by Gasteiger charge is 2.12. The molecule has 2 aromatic carbocycles. The number of rotatable bonds is 7. The summed E-state index contributed by atoms with van der Waals surface area (Å²) in [7, 11) is 3.11. The molecule has 0 bridgehead atoms. The van der Waals surface area contributed by atoms with Gasteiger partial charge in [0.1, 0.15) is 5.75 Å². The van der Waals surface area contributed by atoms with Crippen molar-refractivity contribution in [3.8, 4) is 28.6 Å². The number of halogens is 1. The molecule has 8 nitrogen and oxygen atoms in total. The first-order valence-corrected chi connectivity index (χ1v) is 8.30. The van der Waals surface area contributed by atoms with Crippen molar-refractivity contribution in [1.82, 2.24) is 15.2 Å². The summed E-state index contributed by atoms with van der Waals surface area (Å²) >= 11 is 5.80. The van der Waals surface area contributed by atoms with Crippen molar-refractivity contribution < 1.29 is 19.0 Å². The second-order valence-corrected chi connectivity index (χ2v) is 5.80. The van der Waals surface area contributed by atoms with Crippen molar-refractivity contribution in [3.05, 3.63) is 47.5 Å². The van der Waals surface area contributed by atoms with Gasteiger partial charge < -0.3 is 14.2 Å². The lowest BCUT2D eigenvalue weighted by molar-refractivity contribution is -0.118. The molecule has 0 spiro atoms. The Morgan fingerprint density at radius 3 is 2.56 bits per heavy atom. The topological polar surface area (TPSA) is 98.4 Å². The Labute approximate surface area is 160 Å². The maximum absolute atomic E-state index is 12.0. The summed E-state index contributed by atoms with van der Waals surface area (Å²) in [5, 5.41) is 9.91. The average Bonchev–Trinajstić information content (AvgIpc) is 3.15. The third-order valence-corrected chi connectivity index (χ3v) is 3.83. The summed E-state index contributed by atoms with van der Waals surface area (Å²) < 4.78 is 15.9. The molecule has 0 aliphatic heterocycles. The smallest absolute Gasteiger partial charge is 0.264 e. The number of amides is 1. The van der Waals surface area contributed by atoms with E-state index in [0.29, 0.717) is 28.1 Å². The molecule has 1 aromatic heterocycles. The normalized spacial score (nSPS) is 10.3. The van der Waals surface area contributed by atoms with Gasteiger partial charge in [-0.3, -0.25) is 15.2 Å². The van der Waals surface area contributed by atoms with Crippen LogP contribution in [0.2, 0.25) is 5.02 Å². The minimum atomic E-state index is -0.386. The highest BCUT2D eigenvalue weighted by molar-refractivity contribution is 6.30. The zero-order chi connectivity index (χ0) is 19.2. The summed E-state index contributed by atoms with van der Waals surface area (Å²) in [4.78, 5) is 16.2. The molecule has 2 N–H and O–H groups in total. The van der Waals surface area contributed by atoms with Gasteiger partial charge in [-0.25, -0.2) is 0 Å². The van der Waals surface area contributed by atoms with E-state index in [0.717, 1.165) is 5.56 Å². The van der Waals surface area contributed by atoms with E-state index in [1.165, 1.54) is 0 Å². The first kappa shape index (κ1) is 18.5. The lowest BCUT2D eigenvalue weighted by Gasteiger charge is -2.08. The SMILES string of the molecule is COc1ccc(-c2nc(NC(=O)COc3ccc(Cl)cc3)n[nH]2)cc1OC. The van der Waals surface area contributed by atoms with Gasteiger partial charge >= 0.3 is 0 Å². The van der Waals surface area contributed by atoms with E-state index in [2.05, 4.69) is 20.5 Å². The van der Waals surface area contributed by atoms with Crippen LogP contribution in [0.1, 0.15) is 0 Å². The number of ether oxygens (including phenoxy) is 3. The van der Waals surface area contributed by atoms with Crippen LogP contribution in [0.4, 0.5) is 5.95 Å².